The second-order valence-electron chi connectivity index (χ2n) is 6.34. The predicted octanol–water partition coefficient (Wildman–Crippen LogP) is 5.05. The smallest absolute Gasteiger partial charge is 0.456 e. The summed E-state index contributed by atoms with van der Waals surface area (Å²) in [5.41, 5.74) is -0.795. The van der Waals surface area contributed by atoms with Crippen LogP contribution in [-0.4, -0.2) is 36.2 Å². The third-order valence-electron chi connectivity index (χ3n) is 4.46. The van der Waals surface area contributed by atoms with Gasteiger partial charge in [0.1, 0.15) is 5.60 Å². The molecule has 0 radical (unpaired) electrons. The highest BCUT2D eigenvalue weighted by Gasteiger charge is 2.58. The second-order valence-corrected chi connectivity index (χ2v) is 6.34. The number of carbonyl (C=O) groups is 2. The van der Waals surface area contributed by atoms with Gasteiger partial charge < -0.3 is 9.47 Å². The quantitative estimate of drug-likeness (QED) is 0.366. The first kappa shape index (κ1) is 24.6. The summed E-state index contributed by atoms with van der Waals surface area (Å²) in [5, 5.41) is 0. The average molecular weight is 390 g/mol. The molecule has 0 aliphatic carbocycles. The highest BCUT2D eigenvalue weighted by atomic mass is 19.4. The molecule has 9 heteroatoms. The molecule has 0 bridgehead atoms. The highest BCUT2D eigenvalue weighted by Crippen LogP contribution is 2.35. The van der Waals surface area contributed by atoms with E-state index in [-0.39, 0.29) is 31.1 Å². The molecule has 0 fully saturated rings. The standard InChI is InChI=1S/C17H27F5O4/c1-5-12(4)14(24)26-15(6-2,7-3)10-8-9-13(23)25-11-16(18,19)17(20,21)22/h12H,5-11H2,1-4H3. The van der Waals surface area contributed by atoms with Crippen molar-refractivity contribution in [1.82, 2.24) is 0 Å². The molecule has 0 spiro atoms. The van der Waals surface area contributed by atoms with Gasteiger partial charge in [0.15, 0.2) is 6.61 Å². The summed E-state index contributed by atoms with van der Waals surface area (Å²) in [5.74, 6) is -6.86. The number of carbonyl (C=O) groups excluding carboxylic acids is 2. The van der Waals surface area contributed by atoms with E-state index < -0.39 is 30.3 Å². The molecule has 0 aromatic heterocycles. The average Bonchev–Trinajstić information content (AvgIpc) is 2.57. The Kier molecular flexibility index (Phi) is 9.52. The van der Waals surface area contributed by atoms with Gasteiger partial charge in [-0.15, -0.1) is 0 Å². The van der Waals surface area contributed by atoms with Crippen LogP contribution in [0, 0.1) is 5.92 Å². The van der Waals surface area contributed by atoms with Gasteiger partial charge in [-0.25, -0.2) is 0 Å². The zero-order chi connectivity index (χ0) is 20.6. The molecule has 0 N–H and O–H groups in total. The Bertz CT molecular complexity index is 459. The van der Waals surface area contributed by atoms with E-state index in [0.29, 0.717) is 19.3 Å². The number of hydrogen-bond donors (Lipinski definition) is 0. The number of esters is 2. The van der Waals surface area contributed by atoms with Crippen LogP contribution in [0.1, 0.15) is 66.2 Å². The fraction of sp³-hybridized carbons (Fsp3) is 0.882. The Morgan fingerprint density at radius 3 is 1.96 bits per heavy atom. The van der Waals surface area contributed by atoms with Crippen LogP contribution in [-0.2, 0) is 19.1 Å². The van der Waals surface area contributed by atoms with E-state index in [1.165, 1.54) is 0 Å². The lowest BCUT2D eigenvalue weighted by atomic mass is 9.90. The summed E-state index contributed by atoms with van der Waals surface area (Å²) in [6.07, 6.45) is -4.08. The van der Waals surface area contributed by atoms with Crippen LogP contribution in [0.25, 0.3) is 0 Å². The van der Waals surface area contributed by atoms with Crippen molar-refractivity contribution < 1.29 is 41.0 Å². The molecule has 0 saturated carbocycles. The molecule has 26 heavy (non-hydrogen) atoms. The molecule has 0 heterocycles. The van der Waals surface area contributed by atoms with E-state index in [1.807, 2.05) is 20.8 Å². The van der Waals surface area contributed by atoms with Crippen LogP contribution in [0.3, 0.4) is 0 Å². The predicted molar refractivity (Wildman–Crippen MR) is 84.7 cm³/mol. The number of hydrogen-bond acceptors (Lipinski definition) is 4. The maximum Gasteiger partial charge on any atom is 0.456 e. The van der Waals surface area contributed by atoms with Crippen molar-refractivity contribution >= 4 is 11.9 Å². The van der Waals surface area contributed by atoms with Gasteiger partial charge in [-0.3, -0.25) is 9.59 Å². The lowest BCUT2D eigenvalue weighted by Crippen LogP contribution is -2.41. The van der Waals surface area contributed by atoms with Crippen molar-refractivity contribution in [3.05, 3.63) is 0 Å². The molecule has 0 aromatic carbocycles. The number of alkyl halides is 5. The molecule has 1 unspecified atom stereocenters. The Morgan fingerprint density at radius 1 is 1.00 bits per heavy atom. The first-order valence-electron chi connectivity index (χ1n) is 8.67. The van der Waals surface area contributed by atoms with E-state index in [4.69, 9.17) is 4.74 Å². The van der Waals surface area contributed by atoms with E-state index in [2.05, 4.69) is 4.74 Å². The van der Waals surface area contributed by atoms with Gasteiger partial charge in [0.25, 0.3) is 0 Å². The molecule has 4 nitrogen and oxygen atoms in total. The van der Waals surface area contributed by atoms with E-state index in [9.17, 15) is 31.5 Å². The lowest BCUT2D eigenvalue weighted by molar-refractivity contribution is -0.294. The van der Waals surface area contributed by atoms with Gasteiger partial charge in [-0.05, 0) is 32.1 Å². The van der Waals surface area contributed by atoms with Gasteiger partial charge in [0.05, 0.1) is 5.92 Å². The van der Waals surface area contributed by atoms with Crippen LogP contribution >= 0.6 is 0 Å². The molecular formula is C17H27F5O4. The van der Waals surface area contributed by atoms with E-state index in [0.717, 1.165) is 0 Å². The van der Waals surface area contributed by atoms with Crippen molar-refractivity contribution in [3.63, 3.8) is 0 Å². The SMILES string of the molecule is CCC(C)C(=O)OC(CC)(CC)CCCC(=O)OCC(F)(F)C(F)(F)F. The molecular weight excluding hydrogens is 363 g/mol. The summed E-state index contributed by atoms with van der Waals surface area (Å²) < 4.78 is 71.0. The van der Waals surface area contributed by atoms with Crippen LogP contribution in [0.2, 0.25) is 0 Å². The van der Waals surface area contributed by atoms with Crippen molar-refractivity contribution in [1.29, 1.82) is 0 Å². The monoisotopic (exact) mass is 390 g/mol. The summed E-state index contributed by atoms with van der Waals surface area (Å²) in [4.78, 5) is 23.4. The number of ether oxygens (including phenoxy) is 2. The van der Waals surface area contributed by atoms with E-state index >= 15 is 0 Å². The molecule has 0 aliphatic heterocycles. The molecule has 0 rings (SSSR count). The molecule has 0 amide bonds. The minimum Gasteiger partial charge on any atom is -0.459 e. The van der Waals surface area contributed by atoms with Crippen LogP contribution < -0.4 is 0 Å². The molecule has 0 aliphatic rings. The highest BCUT2D eigenvalue weighted by molar-refractivity contribution is 5.72. The van der Waals surface area contributed by atoms with Crippen molar-refractivity contribution in [2.24, 2.45) is 5.92 Å². The van der Waals surface area contributed by atoms with Gasteiger partial charge in [0, 0.05) is 6.42 Å². The maximum atomic E-state index is 12.7. The summed E-state index contributed by atoms with van der Waals surface area (Å²) in [6, 6.07) is 0. The topological polar surface area (TPSA) is 52.6 Å². The fourth-order valence-corrected chi connectivity index (χ4v) is 2.16. The number of rotatable bonds is 11. The van der Waals surface area contributed by atoms with Crippen LogP contribution in [0.4, 0.5) is 22.0 Å². The summed E-state index contributed by atoms with van der Waals surface area (Å²) >= 11 is 0. The van der Waals surface area contributed by atoms with Gasteiger partial charge in [-0.1, -0.05) is 27.7 Å². The normalized spacial score (nSPS) is 14.0. The number of halogens is 5. The Balaban J connectivity index is 4.55. The fourth-order valence-electron chi connectivity index (χ4n) is 2.16. The zero-order valence-electron chi connectivity index (χ0n) is 15.5. The van der Waals surface area contributed by atoms with Crippen LogP contribution in [0.15, 0.2) is 0 Å². The first-order chi connectivity index (χ1) is 11.8. The Morgan fingerprint density at radius 2 is 1.54 bits per heavy atom. The van der Waals surface area contributed by atoms with Crippen molar-refractivity contribution in [2.45, 2.75) is 83.9 Å². The van der Waals surface area contributed by atoms with Gasteiger partial charge in [0.2, 0.25) is 0 Å². The second kappa shape index (κ2) is 10.1. The van der Waals surface area contributed by atoms with Crippen molar-refractivity contribution in [3.8, 4) is 0 Å². The van der Waals surface area contributed by atoms with Gasteiger partial charge >= 0.3 is 24.0 Å². The van der Waals surface area contributed by atoms with Crippen molar-refractivity contribution in [2.75, 3.05) is 6.61 Å². The zero-order valence-corrected chi connectivity index (χ0v) is 15.5. The largest absolute Gasteiger partial charge is 0.459 e. The van der Waals surface area contributed by atoms with Gasteiger partial charge in [-0.2, -0.15) is 22.0 Å². The third-order valence-corrected chi connectivity index (χ3v) is 4.46. The Labute approximate surface area is 150 Å². The lowest BCUT2D eigenvalue weighted by Gasteiger charge is -2.32. The minimum atomic E-state index is -5.77. The third kappa shape index (κ3) is 7.45. The molecule has 1 atom stereocenters. The van der Waals surface area contributed by atoms with E-state index in [1.54, 1.807) is 6.92 Å². The molecule has 0 aromatic rings. The Hall–Kier alpha value is -1.41. The molecule has 154 valence electrons. The minimum absolute atomic E-state index is 0.145. The maximum absolute atomic E-state index is 12.7. The summed E-state index contributed by atoms with van der Waals surface area (Å²) in [7, 11) is 0. The summed E-state index contributed by atoms with van der Waals surface area (Å²) in [6.45, 7) is 5.17. The van der Waals surface area contributed by atoms with Crippen LogP contribution in [0.5, 0.6) is 0 Å². The molecule has 0 saturated heterocycles. The first-order valence-corrected chi connectivity index (χ1v) is 8.67.